The largest absolute Gasteiger partial charge is 0.341 e. The predicted molar refractivity (Wildman–Crippen MR) is 73.7 cm³/mol. The van der Waals surface area contributed by atoms with Crippen molar-refractivity contribution in [3.63, 3.8) is 0 Å². The second kappa shape index (κ2) is 5.28. The summed E-state index contributed by atoms with van der Waals surface area (Å²) in [5, 5.41) is 16.5. The fraction of sp³-hybridized carbons (Fsp3) is 0.667. The number of hydrogen-bond donors (Lipinski definition) is 1. The normalized spacial score (nSPS) is 25.4. The lowest BCUT2D eigenvalue weighted by atomic mass is 9.84. The Morgan fingerprint density at radius 3 is 2.90 bits per heavy atom. The van der Waals surface area contributed by atoms with Crippen molar-refractivity contribution in [3.05, 3.63) is 18.0 Å². The van der Waals surface area contributed by atoms with Gasteiger partial charge < -0.3 is 4.90 Å². The van der Waals surface area contributed by atoms with Gasteiger partial charge in [-0.3, -0.25) is 9.89 Å². The van der Waals surface area contributed by atoms with Gasteiger partial charge in [0.25, 0.3) is 0 Å². The third-order valence-electron chi connectivity index (χ3n) is 4.75. The zero-order valence-corrected chi connectivity index (χ0v) is 11.6. The Hall–Kier alpha value is -1.83. The molecule has 1 N–H and O–H groups in total. The Kier molecular flexibility index (Phi) is 3.47. The number of aromatic nitrogens is 2. The van der Waals surface area contributed by atoms with E-state index < -0.39 is 5.41 Å². The number of carbonyl (C=O) groups excluding carboxylic acids is 1. The van der Waals surface area contributed by atoms with E-state index in [1.165, 1.54) is 0 Å². The SMILES string of the molecule is N#CC1(C(=O)N2CCC[C@H](c3ccn[nH]3)C2)CCCC1. The van der Waals surface area contributed by atoms with Crippen molar-refractivity contribution in [2.75, 3.05) is 13.1 Å². The number of aromatic amines is 1. The van der Waals surface area contributed by atoms with Crippen LogP contribution in [-0.4, -0.2) is 34.1 Å². The van der Waals surface area contributed by atoms with Crippen LogP contribution in [0.25, 0.3) is 0 Å². The van der Waals surface area contributed by atoms with Gasteiger partial charge in [0.2, 0.25) is 5.91 Å². The third kappa shape index (κ3) is 2.20. The summed E-state index contributed by atoms with van der Waals surface area (Å²) in [7, 11) is 0. The Bertz CT molecular complexity index is 510. The molecule has 0 unspecified atom stereocenters. The molecule has 2 fully saturated rings. The lowest BCUT2D eigenvalue weighted by molar-refractivity contribution is -0.140. The molecule has 2 heterocycles. The van der Waals surface area contributed by atoms with Gasteiger partial charge in [0.15, 0.2) is 0 Å². The van der Waals surface area contributed by atoms with Gasteiger partial charge in [-0.15, -0.1) is 0 Å². The van der Waals surface area contributed by atoms with Crippen LogP contribution in [0.1, 0.15) is 50.1 Å². The van der Waals surface area contributed by atoms with Crippen LogP contribution in [0, 0.1) is 16.7 Å². The number of nitriles is 1. The number of hydrogen-bond acceptors (Lipinski definition) is 3. The summed E-state index contributed by atoms with van der Waals surface area (Å²) in [4.78, 5) is 14.7. The summed E-state index contributed by atoms with van der Waals surface area (Å²) in [6, 6.07) is 4.29. The van der Waals surface area contributed by atoms with Gasteiger partial charge in [-0.25, -0.2) is 0 Å². The molecule has 1 aliphatic heterocycles. The number of nitrogens with one attached hydrogen (secondary N) is 1. The first-order valence-corrected chi connectivity index (χ1v) is 7.45. The van der Waals surface area contributed by atoms with E-state index in [4.69, 9.17) is 0 Å². The van der Waals surface area contributed by atoms with E-state index >= 15 is 0 Å². The number of nitrogens with zero attached hydrogens (tertiary/aromatic N) is 3. The summed E-state index contributed by atoms with van der Waals surface area (Å²) in [5.41, 5.74) is 0.357. The molecule has 2 aliphatic rings. The molecule has 106 valence electrons. The van der Waals surface area contributed by atoms with Gasteiger partial charge in [0, 0.05) is 30.9 Å². The first kappa shape index (κ1) is 13.2. The van der Waals surface area contributed by atoms with Crippen LogP contribution < -0.4 is 0 Å². The monoisotopic (exact) mass is 272 g/mol. The minimum absolute atomic E-state index is 0.0571. The van der Waals surface area contributed by atoms with E-state index in [2.05, 4.69) is 16.3 Å². The molecule has 0 spiro atoms. The van der Waals surface area contributed by atoms with E-state index in [1.54, 1.807) is 6.20 Å². The molecule has 1 amide bonds. The number of rotatable bonds is 2. The molecule has 0 aromatic carbocycles. The zero-order valence-electron chi connectivity index (χ0n) is 11.6. The van der Waals surface area contributed by atoms with E-state index in [0.29, 0.717) is 12.5 Å². The van der Waals surface area contributed by atoms with Crippen LogP contribution >= 0.6 is 0 Å². The number of carbonyl (C=O) groups is 1. The fourth-order valence-electron chi connectivity index (χ4n) is 3.56. The Morgan fingerprint density at radius 2 is 2.25 bits per heavy atom. The van der Waals surface area contributed by atoms with Gasteiger partial charge >= 0.3 is 0 Å². The van der Waals surface area contributed by atoms with Gasteiger partial charge in [0.1, 0.15) is 5.41 Å². The Balaban J connectivity index is 1.74. The topological polar surface area (TPSA) is 72.8 Å². The van der Waals surface area contributed by atoms with Crippen LogP contribution in [0.2, 0.25) is 0 Å². The Labute approximate surface area is 119 Å². The smallest absolute Gasteiger partial charge is 0.243 e. The fourth-order valence-corrected chi connectivity index (χ4v) is 3.56. The highest BCUT2D eigenvalue weighted by Crippen LogP contribution is 2.40. The molecule has 5 heteroatoms. The zero-order chi connectivity index (χ0) is 14.0. The van der Waals surface area contributed by atoms with Gasteiger partial charge in [-0.1, -0.05) is 12.8 Å². The first-order chi connectivity index (χ1) is 9.75. The molecule has 5 nitrogen and oxygen atoms in total. The standard InChI is InChI=1S/C15H20N4O/c16-11-15(6-1-2-7-15)14(20)19-9-3-4-12(10-19)13-5-8-17-18-13/h5,8,12H,1-4,6-7,9-10H2,(H,17,18)/t12-/m0/s1. The number of piperidine rings is 1. The van der Waals surface area contributed by atoms with Crippen molar-refractivity contribution >= 4 is 5.91 Å². The van der Waals surface area contributed by atoms with Crippen LogP contribution in [0.3, 0.4) is 0 Å². The second-order valence-corrected chi connectivity index (χ2v) is 6.00. The summed E-state index contributed by atoms with van der Waals surface area (Å²) in [6.45, 7) is 1.50. The van der Waals surface area contributed by atoms with E-state index in [0.717, 1.165) is 50.8 Å². The van der Waals surface area contributed by atoms with E-state index in [-0.39, 0.29) is 5.91 Å². The van der Waals surface area contributed by atoms with Crippen molar-refractivity contribution in [1.29, 1.82) is 5.26 Å². The average molecular weight is 272 g/mol. The molecule has 3 rings (SSSR count). The number of amides is 1. The first-order valence-electron chi connectivity index (χ1n) is 7.45. The second-order valence-electron chi connectivity index (χ2n) is 6.00. The van der Waals surface area contributed by atoms with Crippen molar-refractivity contribution in [1.82, 2.24) is 15.1 Å². The van der Waals surface area contributed by atoms with Crippen LogP contribution in [0.15, 0.2) is 12.3 Å². The van der Waals surface area contributed by atoms with E-state index in [9.17, 15) is 10.1 Å². The molecule has 1 aromatic heterocycles. The highest BCUT2D eigenvalue weighted by molar-refractivity contribution is 5.86. The van der Waals surface area contributed by atoms with Crippen LogP contribution in [-0.2, 0) is 4.79 Å². The third-order valence-corrected chi connectivity index (χ3v) is 4.75. The van der Waals surface area contributed by atoms with Gasteiger partial charge in [0.05, 0.1) is 6.07 Å². The van der Waals surface area contributed by atoms with Gasteiger partial charge in [-0.05, 0) is 31.7 Å². The maximum Gasteiger partial charge on any atom is 0.243 e. The highest BCUT2D eigenvalue weighted by Gasteiger charge is 2.44. The molecule has 0 bridgehead atoms. The maximum absolute atomic E-state index is 12.7. The van der Waals surface area contributed by atoms with E-state index in [1.807, 2.05) is 11.0 Å². The minimum Gasteiger partial charge on any atom is -0.341 e. The van der Waals surface area contributed by atoms with Crippen molar-refractivity contribution in [2.45, 2.75) is 44.4 Å². The lowest BCUT2D eigenvalue weighted by Crippen LogP contribution is -2.46. The quantitative estimate of drug-likeness (QED) is 0.897. The molecule has 1 saturated carbocycles. The summed E-state index contributed by atoms with van der Waals surface area (Å²) in [6.07, 6.45) is 7.28. The molecular weight excluding hydrogens is 252 g/mol. The molecule has 0 radical (unpaired) electrons. The molecule has 1 saturated heterocycles. The van der Waals surface area contributed by atoms with Gasteiger partial charge in [-0.2, -0.15) is 10.4 Å². The minimum atomic E-state index is -0.740. The molecule has 20 heavy (non-hydrogen) atoms. The van der Waals surface area contributed by atoms with Crippen molar-refractivity contribution in [2.24, 2.45) is 5.41 Å². The lowest BCUT2D eigenvalue weighted by Gasteiger charge is -2.36. The van der Waals surface area contributed by atoms with Crippen LogP contribution in [0.4, 0.5) is 0 Å². The van der Waals surface area contributed by atoms with Crippen molar-refractivity contribution < 1.29 is 4.79 Å². The van der Waals surface area contributed by atoms with Crippen molar-refractivity contribution in [3.8, 4) is 6.07 Å². The molecule has 1 aliphatic carbocycles. The average Bonchev–Trinajstić information content (AvgIpc) is 3.18. The molecule has 1 aromatic rings. The number of likely N-dealkylation sites (tertiary alicyclic amines) is 1. The summed E-state index contributed by atoms with van der Waals surface area (Å²) < 4.78 is 0. The number of H-pyrrole nitrogens is 1. The maximum atomic E-state index is 12.7. The molecular formula is C15H20N4O. The summed E-state index contributed by atoms with van der Waals surface area (Å²) >= 11 is 0. The Morgan fingerprint density at radius 1 is 1.45 bits per heavy atom. The highest BCUT2D eigenvalue weighted by atomic mass is 16.2. The summed E-state index contributed by atoms with van der Waals surface area (Å²) in [5.74, 6) is 0.383. The van der Waals surface area contributed by atoms with Crippen LogP contribution in [0.5, 0.6) is 0 Å². The predicted octanol–water partition coefficient (Wildman–Crippen LogP) is 2.20. The molecule has 1 atom stereocenters.